The second kappa shape index (κ2) is 5.85. The van der Waals surface area contributed by atoms with Crippen LogP contribution in [0.3, 0.4) is 0 Å². The number of nitrogens with one attached hydrogen (secondary N) is 2. The van der Waals surface area contributed by atoms with E-state index in [0.717, 1.165) is 35.5 Å². The first-order valence-corrected chi connectivity index (χ1v) is 7.16. The highest BCUT2D eigenvalue weighted by molar-refractivity contribution is 7.16. The number of fused-ring (bicyclic) bond motifs is 1. The molecule has 0 unspecified atom stereocenters. The van der Waals surface area contributed by atoms with Gasteiger partial charge in [-0.05, 0) is 17.9 Å². The summed E-state index contributed by atoms with van der Waals surface area (Å²) < 4.78 is 2.05. The van der Waals surface area contributed by atoms with Crippen molar-refractivity contribution >= 4 is 33.3 Å². The van der Waals surface area contributed by atoms with E-state index < -0.39 is 0 Å². The van der Waals surface area contributed by atoms with Gasteiger partial charge in [0.05, 0.1) is 11.7 Å². The summed E-state index contributed by atoms with van der Waals surface area (Å²) >= 11 is 1.57. The smallest absolute Gasteiger partial charge is 0.240 e. The lowest BCUT2D eigenvalue weighted by Crippen LogP contribution is -2.13. The molecule has 8 heteroatoms. The summed E-state index contributed by atoms with van der Waals surface area (Å²) in [5.74, 6) is 6.63. The van der Waals surface area contributed by atoms with Gasteiger partial charge in [0.1, 0.15) is 10.6 Å². The number of anilines is 2. The average Bonchev–Trinajstić information content (AvgIpc) is 3.13. The summed E-state index contributed by atoms with van der Waals surface area (Å²) in [4.78, 5) is 13.6. The molecule has 0 aromatic carbocycles. The van der Waals surface area contributed by atoms with Gasteiger partial charge in [-0.2, -0.15) is 4.98 Å². The van der Waals surface area contributed by atoms with E-state index in [2.05, 4.69) is 30.3 Å². The quantitative estimate of drug-likeness (QED) is 0.363. The Labute approximate surface area is 119 Å². The van der Waals surface area contributed by atoms with Gasteiger partial charge >= 0.3 is 0 Å². The van der Waals surface area contributed by atoms with E-state index in [1.807, 2.05) is 24.0 Å². The first-order chi connectivity index (χ1) is 9.86. The third-order valence-corrected chi connectivity index (χ3v) is 3.71. The van der Waals surface area contributed by atoms with E-state index >= 15 is 0 Å². The molecular weight excluding hydrogens is 274 g/mol. The Morgan fingerprint density at radius 3 is 3.10 bits per heavy atom. The zero-order chi connectivity index (χ0) is 13.8. The zero-order valence-corrected chi connectivity index (χ0v) is 11.6. The van der Waals surface area contributed by atoms with E-state index in [1.54, 1.807) is 17.5 Å². The molecular formula is C12H15N7S. The van der Waals surface area contributed by atoms with Gasteiger partial charge in [-0.15, -0.1) is 11.3 Å². The molecule has 3 heterocycles. The highest BCUT2D eigenvalue weighted by atomic mass is 32.1. The fourth-order valence-corrected chi connectivity index (χ4v) is 2.71. The van der Waals surface area contributed by atoms with Crippen molar-refractivity contribution in [2.24, 2.45) is 5.84 Å². The Bertz CT molecular complexity index is 676. The standard InChI is InChI=1S/C12H15N7S/c13-18-12-16-10(9-2-7-20-11(9)17-12)15-3-1-5-19-6-4-14-8-19/h2,4,6-8H,1,3,5,13H2,(H2,15,16,17,18). The number of nitrogens with zero attached hydrogens (tertiary/aromatic N) is 4. The number of thiophene rings is 1. The van der Waals surface area contributed by atoms with Crippen LogP contribution >= 0.6 is 11.3 Å². The van der Waals surface area contributed by atoms with Crippen molar-refractivity contribution in [3.8, 4) is 0 Å². The number of aryl methyl sites for hydroxylation is 1. The van der Waals surface area contributed by atoms with Gasteiger partial charge in [-0.1, -0.05) is 0 Å². The second-order valence-corrected chi connectivity index (χ2v) is 5.15. The highest BCUT2D eigenvalue weighted by Gasteiger charge is 2.07. The molecule has 0 fully saturated rings. The summed E-state index contributed by atoms with van der Waals surface area (Å²) in [6.45, 7) is 1.75. The Kier molecular flexibility index (Phi) is 3.75. The van der Waals surface area contributed by atoms with Crippen molar-refractivity contribution in [1.82, 2.24) is 19.5 Å². The number of hydrogen-bond donors (Lipinski definition) is 3. The van der Waals surface area contributed by atoms with Gasteiger partial charge in [0.15, 0.2) is 0 Å². The monoisotopic (exact) mass is 289 g/mol. The highest BCUT2D eigenvalue weighted by Crippen LogP contribution is 2.26. The van der Waals surface area contributed by atoms with Crippen LogP contribution in [0.15, 0.2) is 30.2 Å². The lowest BCUT2D eigenvalue weighted by atomic mass is 10.3. The van der Waals surface area contributed by atoms with E-state index in [-0.39, 0.29) is 0 Å². The number of hydrazine groups is 1. The maximum atomic E-state index is 5.39. The summed E-state index contributed by atoms with van der Waals surface area (Å²) in [5, 5.41) is 6.36. The van der Waals surface area contributed by atoms with Crippen molar-refractivity contribution in [1.29, 1.82) is 0 Å². The average molecular weight is 289 g/mol. The molecule has 3 aromatic rings. The van der Waals surface area contributed by atoms with Crippen LogP contribution in [0.2, 0.25) is 0 Å². The minimum Gasteiger partial charge on any atom is -0.369 e. The fraction of sp³-hybridized carbons (Fsp3) is 0.250. The summed E-state index contributed by atoms with van der Waals surface area (Å²) in [5.41, 5.74) is 2.49. The summed E-state index contributed by atoms with van der Waals surface area (Å²) in [6.07, 6.45) is 6.54. The van der Waals surface area contributed by atoms with Gasteiger partial charge in [0.2, 0.25) is 5.95 Å². The van der Waals surface area contributed by atoms with Crippen molar-refractivity contribution in [3.05, 3.63) is 30.2 Å². The number of hydrogen-bond acceptors (Lipinski definition) is 7. The Morgan fingerprint density at radius 2 is 2.30 bits per heavy atom. The van der Waals surface area contributed by atoms with Gasteiger partial charge in [-0.25, -0.2) is 15.8 Å². The fourth-order valence-electron chi connectivity index (χ4n) is 1.94. The molecule has 0 radical (unpaired) electrons. The zero-order valence-electron chi connectivity index (χ0n) is 10.8. The lowest BCUT2D eigenvalue weighted by molar-refractivity contribution is 0.660. The van der Waals surface area contributed by atoms with Crippen molar-refractivity contribution in [2.75, 3.05) is 17.3 Å². The molecule has 0 amide bonds. The van der Waals surface area contributed by atoms with Gasteiger partial charge in [-0.3, -0.25) is 5.43 Å². The molecule has 3 rings (SSSR count). The molecule has 4 N–H and O–H groups in total. The first-order valence-electron chi connectivity index (χ1n) is 6.28. The number of rotatable bonds is 6. The second-order valence-electron chi connectivity index (χ2n) is 4.26. The molecule has 0 aliphatic heterocycles. The molecule has 0 spiro atoms. The molecule has 7 nitrogen and oxygen atoms in total. The van der Waals surface area contributed by atoms with E-state index in [0.29, 0.717) is 5.95 Å². The minimum atomic E-state index is 0.428. The maximum Gasteiger partial charge on any atom is 0.240 e. The van der Waals surface area contributed by atoms with Crippen LogP contribution in [0.25, 0.3) is 10.2 Å². The first kappa shape index (κ1) is 12.8. The molecule has 104 valence electrons. The normalized spacial score (nSPS) is 10.8. The predicted molar refractivity (Wildman–Crippen MR) is 80.6 cm³/mol. The van der Waals surface area contributed by atoms with Crippen LogP contribution in [-0.2, 0) is 6.54 Å². The van der Waals surface area contributed by atoms with Crippen LogP contribution in [0.1, 0.15) is 6.42 Å². The van der Waals surface area contributed by atoms with E-state index in [1.165, 1.54) is 0 Å². The van der Waals surface area contributed by atoms with E-state index in [9.17, 15) is 0 Å². The molecule has 0 saturated heterocycles. The third kappa shape index (κ3) is 2.70. The molecule has 0 aliphatic rings. The van der Waals surface area contributed by atoms with Crippen LogP contribution in [-0.4, -0.2) is 26.1 Å². The van der Waals surface area contributed by atoms with Crippen molar-refractivity contribution < 1.29 is 0 Å². The molecule has 0 bridgehead atoms. The SMILES string of the molecule is NNc1nc(NCCCn2ccnc2)c2ccsc2n1. The molecule has 3 aromatic heterocycles. The van der Waals surface area contributed by atoms with E-state index in [4.69, 9.17) is 5.84 Å². The maximum absolute atomic E-state index is 5.39. The van der Waals surface area contributed by atoms with Gasteiger partial charge < -0.3 is 9.88 Å². The summed E-state index contributed by atoms with van der Waals surface area (Å²) in [7, 11) is 0. The lowest BCUT2D eigenvalue weighted by Gasteiger charge is -2.08. The third-order valence-electron chi connectivity index (χ3n) is 2.90. The molecule has 0 aliphatic carbocycles. The summed E-state index contributed by atoms with van der Waals surface area (Å²) in [6, 6.07) is 2.01. The molecule has 20 heavy (non-hydrogen) atoms. The minimum absolute atomic E-state index is 0.428. The number of nitrogens with two attached hydrogens (primary N) is 1. The van der Waals surface area contributed by atoms with Crippen LogP contribution in [0, 0.1) is 0 Å². The topological polar surface area (TPSA) is 93.7 Å². The van der Waals surface area contributed by atoms with Crippen molar-refractivity contribution in [3.63, 3.8) is 0 Å². The number of imidazole rings is 1. The van der Waals surface area contributed by atoms with Crippen LogP contribution < -0.4 is 16.6 Å². The molecule has 0 saturated carbocycles. The number of nitrogen functional groups attached to an aromatic ring is 1. The van der Waals surface area contributed by atoms with Gasteiger partial charge in [0, 0.05) is 25.5 Å². The Morgan fingerprint density at radius 1 is 1.35 bits per heavy atom. The molecule has 0 atom stereocenters. The van der Waals surface area contributed by atoms with Crippen molar-refractivity contribution in [2.45, 2.75) is 13.0 Å². The largest absolute Gasteiger partial charge is 0.369 e. The van der Waals surface area contributed by atoms with Crippen LogP contribution in [0.5, 0.6) is 0 Å². The van der Waals surface area contributed by atoms with Gasteiger partial charge in [0.25, 0.3) is 0 Å². The van der Waals surface area contributed by atoms with Crippen LogP contribution in [0.4, 0.5) is 11.8 Å². The Hall–Kier alpha value is -2.19. The predicted octanol–water partition coefficient (Wildman–Crippen LogP) is 1.68. The Balaban J connectivity index is 1.65. The number of aromatic nitrogens is 4.